The number of nitrogen functional groups attached to an aromatic ring is 1. The predicted octanol–water partition coefficient (Wildman–Crippen LogP) is 1.33. The van der Waals surface area contributed by atoms with Crippen LogP contribution in [0.25, 0.3) is 0 Å². The van der Waals surface area contributed by atoms with Crippen LogP contribution in [0.2, 0.25) is 0 Å². The predicted molar refractivity (Wildman–Crippen MR) is 65.4 cm³/mol. The Bertz CT molecular complexity index is 475. The van der Waals surface area contributed by atoms with E-state index in [1.165, 1.54) is 6.07 Å². The summed E-state index contributed by atoms with van der Waals surface area (Å²) < 4.78 is 18.8. The number of nitrogens with two attached hydrogens (primary N) is 1. The monoisotopic (exact) mass is 254 g/mol. The fraction of sp³-hybridized carbons (Fsp3) is 0.417. The van der Waals surface area contributed by atoms with Gasteiger partial charge in [0.15, 0.2) is 0 Å². The van der Waals surface area contributed by atoms with Crippen molar-refractivity contribution in [1.29, 1.82) is 0 Å². The average molecular weight is 254 g/mol. The molecule has 18 heavy (non-hydrogen) atoms. The third-order valence-corrected chi connectivity index (χ3v) is 3.04. The number of carboxylic acids is 1. The fourth-order valence-electron chi connectivity index (χ4n) is 1.87. The van der Waals surface area contributed by atoms with Gasteiger partial charge in [-0.05, 0) is 18.6 Å². The number of benzene rings is 1. The lowest BCUT2D eigenvalue weighted by atomic mass is 10.1. The normalized spacial score (nSPS) is 18.2. The number of nitrogens with zero attached hydrogens (tertiary/aromatic N) is 1. The van der Waals surface area contributed by atoms with Crippen LogP contribution >= 0.6 is 0 Å². The zero-order chi connectivity index (χ0) is 13.3. The highest BCUT2D eigenvalue weighted by molar-refractivity contribution is 5.90. The highest BCUT2D eigenvalue weighted by Gasteiger charge is 2.22. The van der Waals surface area contributed by atoms with Crippen molar-refractivity contribution in [1.82, 2.24) is 0 Å². The van der Waals surface area contributed by atoms with Gasteiger partial charge >= 0.3 is 5.97 Å². The summed E-state index contributed by atoms with van der Waals surface area (Å²) in [6, 6.07) is 2.30. The number of hydrogen-bond acceptors (Lipinski definition) is 4. The molecule has 1 aliphatic rings. The molecule has 0 radical (unpaired) electrons. The Morgan fingerprint density at radius 2 is 2.33 bits per heavy atom. The number of halogens is 1. The molecule has 5 nitrogen and oxygen atoms in total. The van der Waals surface area contributed by atoms with Crippen LogP contribution in [0.4, 0.5) is 15.8 Å². The van der Waals surface area contributed by atoms with Gasteiger partial charge in [-0.1, -0.05) is 0 Å². The molecule has 0 aromatic heterocycles. The second-order valence-electron chi connectivity index (χ2n) is 4.36. The van der Waals surface area contributed by atoms with Crippen LogP contribution in [0.5, 0.6) is 0 Å². The van der Waals surface area contributed by atoms with Gasteiger partial charge in [-0.25, -0.2) is 9.18 Å². The number of hydrogen-bond donors (Lipinski definition) is 2. The van der Waals surface area contributed by atoms with Crippen LogP contribution in [-0.2, 0) is 4.74 Å². The van der Waals surface area contributed by atoms with Gasteiger partial charge in [0.2, 0.25) is 0 Å². The molecule has 0 saturated carbocycles. The first-order valence-corrected chi connectivity index (χ1v) is 5.64. The quantitative estimate of drug-likeness (QED) is 0.793. The molecule has 0 amide bonds. The van der Waals surface area contributed by atoms with Gasteiger partial charge in [-0.15, -0.1) is 0 Å². The summed E-state index contributed by atoms with van der Waals surface area (Å²) in [5, 5.41) is 8.89. The average Bonchev–Trinajstić information content (AvgIpc) is 2.26. The van der Waals surface area contributed by atoms with E-state index in [9.17, 15) is 9.18 Å². The zero-order valence-electron chi connectivity index (χ0n) is 10.0. The Labute approximate surface area is 104 Å². The number of likely N-dealkylation sites (N-methyl/N-ethyl adjacent to an activating group) is 1. The van der Waals surface area contributed by atoms with Gasteiger partial charge in [0.05, 0.1) is 23.0 Å². The van der Waals surface area contributed by atoms with Crippen molar-refractivity contribution in [3.05, 3.63) is 23.5 Å². The molecule has 1 atom stereocenters. The van der Waals surface area contributed by atoms with E-state index >= 15 is 0 Å². The highest BCUT2D eigenvalue weighted by atomic mass is 19.1. The van der Waals surface area contributed by atoms with E-state index in [4.69, 9.17) is 15.6 Å². The molecule has 98 valence electrons. The van der Waals surface area contributed by atoms with Crippen molar-refractivity contribution in [2.75, 3.05) is 30.8 Å². The molecule has 3 N–H and O–H groups in total. The second-order valence-corrected chi connectivity index (χ2v) is 4.36. The van der Waals surface area contributed by atoms with Crippen molar-refractivity contribution in [3.63, 3.8) is 0 Å². The minimum Gasteiger partial charge on any atom is -0.478 e. The molecule has 0 bridgehead atoms. The minimum atomic E-state index is -1.18. The topological polar surface area (TPSA) is 75.8 Å². The third-order valence-electron chi connectivity index (χ3n) is 3.04. The van der Waals surface area contributed by atoms with E-state index in [1.807, 2.05) is 0 Å². The maximum absolute atomic E-state index is 13.5. The Morgan fingerprint density at radius 1 is 1.67 bits per heavy atom. The van der Waals surface area contributed by atoms with E-state index in [1.54, 1.807) is 11.9 Å². The largest absolute Gasteiger partial charge is 0.478 e. The highest BCUT2D eigenvalue weighted by Crippen LogP contribution is 2.28. The number of carboxylic acid groups (broad SMARTS) is 1. The van der Waals surface area contributed by atoms with E-state index in [0.717, 1.165) is 19.1 Å². The van der Waals surface area contributed by atoms with Gasteiger partial charge in [-0.3, -0.25) is 0 Å². The Morgan fingerprint density at radius 3 is 2.83 bits per heavy atom. The van der Waals surface area contributed by atoms with Crippen molar-refractivity contribution < 1.29 is 19.0 Å². The number of anilines is 2. The molecule has 0 aliphatic carbocycles. The van der Waals surface area contributed by atoms with Crippen LogP contribution in [0.3, 0.4) is 0 Å². The summed E-state index contributed by atoms with van der Waals surface area (Å²) in [4.78, 5) is 12.6. The molecule has 2 rings (SSSR count). The first-order chi connectivity index (χ1) is 8.49. The fourth-order valence-corrected chi connectivity index (χ4v) is 1.87. The Hall–Kier alpha value is -1.82. The molecule has 0 unspecified atom stereocenters. The standard InChI is InChI=1S/C12H15FN2O3/c1-15(6-8-2-3-18-8)10-5-7(12(16)17)4-9(13)11(10)14/h4-5,8H,2-3,6,14H2,1H3,(H,16,17)/t8-/m0/s1. The molecule has 1 aromatic carbocycles. The lowest BCUT2D eigenvalue weighted by Crippen LogP contribution is -2.38. The van der Waals surface area contributed by atoms with Crippen LogP contribution in [-0.4, -0.2) is 37.4 Å². The second kappa shape index (κ2) is 4.81. The molecule has 1 heterocycles. The summed E-state index contributed by atoms with van der Waals surface area (Å²) in [7, 11) is 1.73. The van der Waals surface area contributed by atoms with Crippen LogP contribution in [0, 0.1) is 5.82 Å². The summed E-state index contributed by atoms with van der Waals surface area (Å²) in [6.45, 7) is 1.30. The smallest absolute Gasteiger partial charge is 0.335 e. The maximum atomic E-state index is 13.5. The van der Waals surface area contributed by atoms with Gasteiger partial charge in [-0.2, -0.15) is 0 Å². The van der Waals surface area contributed by atoms with Crippen molar-refractivity contribution >= 4 is 17.3 Å². The number of carbonyl (C=O) groups is 1. The first kappa shape index (κ1) is 12.6. The van der Waals surface area contributed by atoms with Crippen LogP contribution < -0.4 is 10.6 Å². The van der Waals surface area contributed by atoms with Gasteiger partial charge in [0.1, 0.15) is 5.82 Å². The maximum Gasteiger partial charge on any atom is 0.335 e. The van der Waals surface area contributed by atoms with Crippen molar-refractivity contribution in [3.8, 4) is 0 Å². The van der Waals surface area contributed by atoms with Gasteiger partial charge in [0.25, 0.3) is 0 Å². The van der Waals surface area contributed by atoms with E-state index in [0.29, 0.717) is 12.2 Å². The molecule has 6 heteroatoms. The number of rotatable bonds is 4. The van der Waals surface area contributed by atoms with Crippen LogP contribution in [0.15, 0.2) is 12.1 Å². The first-order valence-electron chi connectivity index (χ1n) is 5.64. The third kappa shape index (κ3) is 2.38. The summed E-state index contributed by atoms with van der Waals surface area (Å²) in [5.74, 6) is -1.89. The summed E-state index contributed by atoms with van der Waals surface area (Å²) >= 11 is 0. The molecule has 1 fully saturated rings. The summed E-state index contributed by atoms with van der Waals surface area (Å²) in [6.07, 6.45) is 1.05. The Kier molecular flexibility index (Phi) is 3.38. The van der Waals surface area contributed by atoms with Gasteiger partial charge < -0.3 is 20.5 Å². The molecule has 1 saturated heterocycles. The molecule has 0 spiro atoms. The van der Waals surface area contributed by atoms with Crippen LogP contribution in [0.1, 0.15) is 16.8 Å². The van der Waals surface area contributed by atoms with E-state index in [-0.39, 0.29) is 17.4 Å². The Balaban J connectivity index is 2.26. The molecule has 1 aromatic rings. The van der Waals surface area contributed by atoms with Gasteiger partial charge in [0, 0.05) is 20.2 Å². The lowest BCUT2D eigenvalue weighted by molar-refractivity contribution is -0.0439. The van der Waals surface area contributed by atoms with E-state index < -0.39 is 11.8 Å². The number of ether oxygens (including phenoxy) is 1. The minimum absolute atomic E-state index is 0.0400. The molecular formula is C12H15FN2O3. The summed E-state index contributed by atoms with van der Waals surface area (Å²) in [5.41, 5.74) is 5.86. The molecule has 1 aliphatic heterocycles. The SMILES string of the molecule is CN(C[C@@H]1CCO1)c1cc(C(=O)O)cc(F)c1N. The lowest BCUT2D eigenvalue weighted by Gasteiger charge is -2.32. The molecular weight excluding hydrogens is 239 g/mol. The van der Waals surface area contributed by atoms with E-state index in [2.05, 4.69) is 0 Å². The van der Waals surface area contributed by atoms with Crippen molar-refractivity contribution in [2.24, 2.45) is 0 Å². The zero-order valence-corrected chi connectivity index (χ0v) is 10.0. The van der Waals surface area contributed by atoms with Crippen molar-refractivity contribution in [2.45, 2.75) is 12.5 Å². The number of aromatic carboxylic acids is 1.